The summed E-state index contributed by atoms with van der Waals surface area (Å²) in [5.74, 6) is 1.67. The van der Waals surface area contributed by atoms with Crippen LogP contribution in [0.25, 0.3) is 0 Å². The van der Waals surface area contributed by atoms with Crippen LogP contribution in [0.2, 0.25) is 0 Å². The molecule has 0 radical (unpaired) electrons. The fourth-order valence-electron chi connectivity index (χ4n) is 2.70. The summed E-state index contributed by atoms with van der Waals surface area (Å²) in [5.41, 5.74) is 1.22. The number of hydrogen-bond donors (Lipinski definition) is 1. The van der Waals surface area contributed by atoms with Crippen molar-refractivity contribution in [1.82, 2.24) is 5.32 Å². The van der Waals surface area contributed by atoms with E-state index in [0.29, 0.717) is 6.10 Å². The Morgan fingerprint density at radius 1 is 1.27 bits per heavy atom. The number of halogens is 2. The van der Waals surface area contributed by atoms with Crippen molar-refractivity contribution < 1.29 is 9.47 Å². The van der Waals surface area contributed by atoms with Crippen LogP contribution in [0.15, 0.2) is 16.6 Å². The zero-order valence-electron chi connectivity index (χ0n) is 13.5. The van der Waals surface area contributed by atoms with Crippen LogP contribution in [-0.4, -0.2) is 19.8 Å². The highest BCUT2D eigenvalue weighted by molar-refractivity contribution is 9.10. The molecule has 0 atom stereocenters. The van der Waals surface area contributed by atoms with E-state index in [1.807, 2.05) is 0 Å². The lowest BCUT2D eigenvalue weighted by Gasteiger charge is -2.18. The fourth-order valence-corrected chi connectivity index (χ4v) is 3.28. The highest BCUT2D eigenvalue weighted by Gasteiger charge is 2.20. The highest BCUT2D eigenvalue weighted by Crippen LogP contribution is 2.39. The van der Waals surface area contributed by atoms with E-state index in [1.54, 1.807) is 7.11 Å². The van der Waals surface area contributed by atoms with Gasteiger partial charge < -0.3 is 14.8 Å². The van der Waals surface area contributed by atoms with Crippen molar-refractivity contribution in [1.29, 1.82) is 0 Å². The molecule has 22 heavy (non-hydrogen) atoms. The van der Waals surface area contributed by atoms with Crippen molar-refractivity contribution in [2.75, 3.05) is 13.7 Å². The van der Waals surface area contributed by atoms with Gasteiger partial charge in [-0.25, -0.2) is 0 Å². The molecule has 0 amide bonds. The predicted octanol–water partition coefficient (Wildman–Crippen LogP) is 5.09. The largest absolute Gasteiger partial charge is 0.493 e. The smallest absolute Gasteiger partial charge is 0.175 e. The van der Waals surface area contributed by atoms with Crippen molar-refractivity contribution >= 4 is 28.3 Å². The molecule has 2 rings (SSSR count). The molecule has 0 aliphatic heterocycles. The average Bonchev–Trinajstić information content (AvgIpc) is 2.99. The fraction of sp³-hybridized carbons (Fsp3) is 0.647. The lowest BCUT2D eigenvalue weighted by Crippen LogP contribution is -2.15. The maximum Gasteiger partial charge on any atom is 0.175 e. The number of benzene rings is 1. The van der Waals surface area contributed by atoms with Gasteiger partial charge in [0.25, 0.3) is 0 Å². The van der Waals surface area contributed by atoms with Gasteiger partial charge in [0.2, 0.25) is 0 Å². The summed E-state index contributed by atoms with van der Waals surface area (Å²) in [7, 11) is 1.71. The molecule has 1 saturated carbocycles. The van der Waals surface area contributed by atoms with Gasteiger partial charge in [0.1, 0.15) is 0 Å². The van der Waals surface area contributed by atoms with Gasteiger partial charge in [0, 0.05) is 6.54 Å². The second kappa shape index (κ2) is 10.3. The van der Waals surface area contributed by atoms with Crippen molar-refractivity contribution in [3.05, 3.63) is 22.2 Å². The van der Waals surface area contributed by atoms with E-state index >= 15 is 0 Å². The minimum absolute atomic E-state index is 0. The summed E-state index contributed by atoms with van der Waals surface area (Å²) >= 11 is 3.64. The molecule has 1 aliphatic carbocycles. The molecule has 0 aromatic heterocycles. The van der Waals surface area contributed by atoms with E-state index in [0.717, 1.165) is 41.9 Å². The van der Waals surface area contributed by atoms with Gasteiger partial charge in [0.15, 0.2) is 11.5 Å². The summed E-state index contributed by atoms with van der Waals surface area (Å²) in [6, 6.07) is 4.21. The number of ether oxygens (including phenoxy) is 2. The van der Waals surface area contributed by atoms with Crippen LogP contribution in [-0.2, 0) is 6.54 Å². The molecule has 5 heteroatoms. The molecule has 1 N–H and O–H groups in total. The summed E-state index contributed by atoms with van der Waals surface area (Å²) in [6.07, 6.45) is 7.60. The van der Waals surface area contributed by atoms with Crippen molar-refractivity contribution in [2.45, 2.75) is 58.1 Å². The normalized spacial score (nSPS) is 14.7. The summed E-state index contributed by atoms with van der Waals surface area (Å²) < 4.78 is 12.6. The molecule has 126 valence electrons. The highest BCUT2D eigenvalue weighted by atomic mass is 79.9. The Hall–Kier alpha value is -0.450. The molecule has 0 saturated heterocycles. The average molecular weight is 393 g/mol. The van der Waals surface area contributed by atoms with Crippen LogP contribution >= 0.6 is 28.3 Å². The summed E-state index contributed by atoms with van der Waals surface area (Å²) in [5, 5.41) is 3.46. The van der Waals surface area contributed by atoms with Crippen LogP contribution in [0, 0.1) is 0 Å². The van der Waals surface area contributed by atoms with E-state index in [-0.39, 0.29) is 12.4 Å². The number of unbranched alkanes of at least 4 members (excludes halogenated alkanes) is 1. The topological polar surface area (TPSA) is 30.5 Å². The lowest BCUT2D eigenvalue weighted by atomic mass is 10.2. The zero-order chi connectivity index (χ0) is 15.1. The molecule has 0 spiro atoms. The Balaban J connectivity index is 0.00000242. The Labute approximate surface area is 148 Å². The third kappa shape index (κ3) is 5.64. The number of hydrogen-bond acceptors (Lipinski definition) is 3. The van der Waals surface area contributed by atoms with E-state index < -0.39 is 0 Å². The lowest BCUT2D eigenvalue weighted by molar-refractivity contribution is 0.199. The molecule has 3 nitrogen and oxygen atoms in total. The Morgan fingerprint density at radius 2 is 2.00 bits per heavy atom. The van der Waals surface area contributed by atoms with Crippen LogP contribution < -0.4 is 14.8 Å². The molecule has 0 bridgehead atoms. The van der Waals surface area contributed by atoms with E-state index in [2.05, 4.69) is 40.3 Å². The SMILES string of the molecule is CCCCNCc1cc(Br)c(OC2CCCC2)c(OC)c1.Cl. The minimum Gasteiger partial charge on any atom is -0.493 e. The molecule has 1 aromatic carbocycles. The first-order chi connectivity index (χ1) is 10.2. The van der Waals surface area contributed by atoms with E-state index in [1.165, 1.54) is 31.2 Å². The van der Waals surface area contributed by atoms with Crippen LogP contribution in [0.4, 0.5) is 0 Å². The van der Waals surface area contributed by atoms with Crippen molar-refractivity contribution in [2.24, 2.45) is 0 Å². The van der Waals surface area contributed by atoms with Gasteiger partial charge in [-0.2, -0.15) is 0 Å². The van der Waals surface area contributed by atoms with Gasteiger partial charge in [-0.15, -0.1) is 12.4 Å². The first-order valence-electron chi connectivity index (χ1n) is 7.98. The third-order valence-corrected chi connectivity index (χ3v) is 4.50. The summed E-state index contributed by atoms with van der Waals surface area (Å²) in [6.45, 7) is 4.12. The quantitative estimate of drug-likeness (QED) is 0.625. The number of methoxy groups -OCH3 is 1. The number of nitrogens with one attached hydrogen (secondary N) is 1. The Kier molecular flexibility index (Phi) is 9.22. The second-order valence-electron chi connectivity index (χ2n) is 5.66. The third-order valence-electron chi connectivity index (χ3n) is 3.91. The van der Waals surface area contributed by atoms with Crippen molar-refractivity contribution in [3.63, 3.8) is 0 Å². The maximum atomic E-state index is 6.13. The van der Waals surface area contributed by atoms with Gasteiger partial charge in [0.05, 0.1) is 17.7 Å². The second-order valence-corrected chi connectivity index (χ2v) is 6.52. The van der Waals surface area contributed by atoms with Crippen molar-refractivity contribution in [3.8, 4) is 11.5 Å². The molecule has 0 unspecified atom stereocenters. The van der Waals surface area contributed by atoms with E-state index in [4.69, 9.17) is 9.47 Å². The predicted molar refractivity (Wildman–Crippen MR) is 97.4 cm³/mol. The standard InChI is InChI=1S/C17H26BrNO2.ClH/c1-3-4-9-19-12-13-10-15(18)17(16(11-13)20-2)21-14-7-5-6-8-14;/h10-11,14,19H,3-9,12H2,1-2H3;1H. The van der Waals surface area contributed by atoms with Crippen LogP contribution in [0.1, 0.15) is 51.0 Å². The first-order valence-corrected chi connectivity index (χ1v) is 8.77. The Bertz CT molecular complexity index is 451. The van der Waals surface area contributed by atoms with Gasteiger partial charge in [-0.05, 0) is 72.3 Å². The van der Waals surface area contributed by atoms with E-state index in [9.17, 15) is 0 Å². The molecule has 1 aliphatic rings. The van der Waals surface area contributed by atoms with Gasteiger partial charge in [-0.1, -0.05) is 13.3 Å². The monoisotopic (exact) mass is 391 g/mol. The molecular formula is C17H27BrClNO2. The zero-order valence-corrected chi connectivity index (χ0v) is 15.9. The molecule has 1 fully saturated rings. The number of rotatable bonds is 8. The molecular weight excluding hydrogens is 366 g/mol. The summed E-state index contributed by atoms with van der Waals surface area (Å²) in [4.78, 5) is 0. The van der Waals surface area contributed by atoms with Crippen LogP contribution in [0.5, 0.6) is 11.5 Å². The minimum atomic E-state index is 0. The van der Waals surface area contributed by atoms with Gasteiger partial charge in [-0.3, -0.25) is 0 Å². The van der Waals surface area contributed by atoms with Crippen LogP contribution in [0.3, 0.4) is 0 Å². The molecule has 0 heterocycles. The Morgan fingerprint density at radius 3 is 2.64 bits per heavy atom. The first kappa shape index (κ1) is 19.6. The molecule has 1 aromatic rings. The van der Waals surface area contributed by atoms with Gasteiger partial charge >= 0.3 is 0 Å². The maximum absolute atomic E-state index is 6.13.